The van der Waals surface area contributed by atoms with Gasteiger partial charge in [0.15, 0.2) is 17.7 Å². The Balaban J connectivity index is 2.49. The van der Waals surface area contributed by atoms with Gasteiger partial charge in [0, 0.05) is 6.07 Å². The van der Waals surface area contributed by atoms with Gasteiger partial charge in [-0.1, -0.05) is 30.3 Å². The SMILES string of the molecule is O=[N+]([O-])c1c(-c2ccccc2)cc(O)c(O)c1-c1ccc[n+]([O-])c1C(F)(F)F. The van der Waals surface area contributed by atoms with E-state index in [1.165, 1.54) is 24.3 Å². The van der Waals surface area contributed by atoms with E-state index in [9.17, 15) is 38.7 Å². The molecule has 0 amide bonds. The molecule has 0 unspecified atom stereocenters. The molecule has 2 aromatic carbocycles. The molecule has 0 atom stereocenters. The Hall–Kier alpha value is -3.82. The first-order valence-corrected chi connectivity index (χ1v) is 7.71. The molecular formula is C18H11F3N2O5. The number of aromatic nitrogens is 1. The summed E-state index contributed by atoms with van der Waals surface area (Å²) in [6, 6.07) is 10.2. The molecule has 3 aromatic rings. The summed E-state index contributed by atoms with van der Waals surface area (Å²) < 4.78 is 39.9. The molecule has 3 rings (SSSR count). The van der Waals surface area contributed by atoms with Crippen molar-refractivity contribution >= 4 is 5.69 Å². The molecule has 0 spiro atoms. The molecule has 28 heavy (non-hydrogen) atoms. The number of rotatable bonds is 3. The summed E-state index contributed by atoms with van der Waals surface area (Å²) in [5.74, 6) is -2.00. The van der Waals surface area contributed by atoms with Gasteiger partial charge in [0.1, 0.15) is 5.56 Å². The van der Waals surface area contributed by atoms with Crippen molar-refractivity contribution in [3.05, 3.63) is 75.7 Å². The van der Waals surface area contributed by atoms with E-state index in [1.807, 2.05) is 0 Å². The summed E-state index contributed by atoms with van der Waals surface area (Å²) in [7, 11) is 0. The van der Waals surface area contributed by atoms with Gasteiger partial charge in [-0.15, -0.1) is 0 Å². The van der Waals surface area contributed by atoms with E-state index in [0.29, 0.717) is 6.20 Å². The van der Waals surface area contributed by atoms with Crippen LogP contribution in [0.1, 0.15) is 5.69 Å². The Morgan fingerprint density at radius 1 is 1.00 bits per heavy atom. The highest BCUT2D eigenvalue weighted by molar-refractivity contribution is 5.92. The fraction of sp³-hybridized carbons (Fsp3) is 0.0556. The minimum Gasteiger partial charge on any atom is -0.618 e. The molecule has 0 fully saturated rings. The van der Waals surface area contributed by atoms with Gasteiger partial charge < -0.3 is 15.4 Å². The van der Waals surface area contributed by atoms with Crippen LogP contribution in [0.3, 0.4) is 0 Å². The molecule has 0 saturated heterocycles. The number of alkyl halides is 3. The van der Waals surface area contributed by atoms with Crippen LogP contribution in [0.4, 0.5) is 18.9 Å². The van der Waals surface area contributed by atoms with Crippen LogP contribution in [0.25, 0.3) is 22.3 Å². The van der Waals surface area contributed by atoms with Crippen molar-refractivity contribution in [2.24, 2.45) is 0 Å². The maximum absolute atomic E-state index is 13.4. The van der Waals surface area contributed by atoms with Crippen molar-refractivity contribution in [2.45, 2.75) is 6.18 Å². The van der Waals surface area contributed by atoms with Crippen molar-refractivity contribution < 1.29 is 33.0 Å². The first-order chi connectivity index (χ1) is 13.1. The van der Waals surface area contributed by atoms with Gasteiger partial charge in [-0.25, -0.2) is 0 Å². The lowest BCUT2D eigenvalue weighted by Crippen LogP contribution is -2.37. The van der Waals surface area contributed by atoms with Gasteiger partial charge in [0.2, 0.25) is 0 Å². The molecular weight excluding hydrogens is 381 g/mol. The van der Waals surface area contributed by atoms with Gasteiger partial charge in [0.25, 0.3) is 5.69 Å². The number of phenolic OH excluding ortho intramolecular Hbond substituents is 2. The van der Waals surface area contributed by atoms with Crippen molar-refractivity contribution in [3.63, 3.8) is 0 Å². The van der Waals surface area contributed by atoms with Crippen molar-refractivity contribution in [2.75, 3.05) is 0 Å². The molecule has 0 aliphatic rings. The van der Waals surface area contributed by atoms with E-state index in [-0.39, 0.29) is 11.1 Å². The predicted molar refractivity (Wildman–Crippen MR) is 91.3 cm³/mol. The lowest BCUT2D eigenvalue weighted by molar-refractivity contribution is -0.628. The van der Waals surface area contributed by atoms with E-state index in [0.717, 1.165) is 18.2 Å². The minimum absolute atomic E-state index is 0.217. The van der Waals surface area contributed by atoms with Crippen LogP contribution in [0.2, 0.25) is 0 Å². The number of hydrogen-bond acceptors (Lipinski definition) is 5. The highest BCUT2D eigenvalue weighted by Crippen LogP contribution is 2.50. The summed E-state index contributed by atoms with van der Waals surface area (Å²) in [5.41, 5.74) is -4.45. The molecule has 1 aromatic heterocycles. The topological polar surface area (TPSA) is 111 Å². The number of aromatic hydroxyl groups is 2. The summed E-state index contributed by atoms with van der Waals surface area (Å²) in [6.45, 7) is 0. The highest BCUT2D eigenvalue weighted by atomic mass is 19.4. The van der Waals surface area contributed by atoms with Gasteiger partial charge in [-0.05, 0) is 17.7 Å². The Bertz CT molecular complexity index is 1070. The zero-order valence-corrected chi connectivity index (χ0v) is 13.8. The summed E-state index contributed by atoms with van der Waals surface area (Å²) in [5, 5.41) is 43.8. The van der Waals surface area contributed by atoms with Crippen LogP contribution in [0.15, 0.2) is 54.7 Å². The van der Waals surface area contributed by atoms with E-state index < -0.39 is 49.8 Å². The second-order valence-electron chi connectivity index (χ2n) is 5.73. The second-order valence-corrected chi connectivity index (χ2v) is 5.73. The quantitative estimate of drug-likeness (QED) is 0.230. The van der Waals surface area contributed by atoms with Crippen molar-refractivity contribution in [1.29, 1.82) is 0 Å². The van der Waals surface area contributed by atoms with E-state index in [4.69, 9.17) is 0 Å². The van der Waals surface area contributed by atoms with Gasteiger partial charge >= 0.3 is 11.9 Å². The van der Waals surface area contributed by atoms with Gasteiger partial charge in [-0.2, -0.15) is 17.9 Å². The summed E-state index contributed by atoms with van der Waals surface area (Å²) in [6.07, 6.45) is -4.59. The van der Waals surface area contributed by atoms with Crippen LogP contribution < -0.4 is 4.73 Å². The highest BCUT2D eigenvalue weighted by Gasteiger charge is 2.45. The number of phenols is 2. The Morgan fingerprint density at radius 2 is 1.64 bits per heavy atom. The molecule has 0 radical (unpaired) electrons. The zero-order valence-electron chi connectivity index (χ0n) is 13.8. The fourth-order valence-electron chi connectivity index (χ4n) is 2.90. The first kappa shape index (κ1) is 19.0. The first-order valence-electron chi connectivity index (χ1n) is 7.71. The third-order valence-electron chi connectivity index (χ3n) is 4.02. The number of hydrogen-bond donors (Lipinski definition) is 2. The minimum atomic E-state index is -5.17. The third-order valence-corrected chi connectivity index (χ3v) is 4.02. The third kappa shape index (κ3) is 3.15. The molecule has 0 saturated carbocycles. The Morgan fingerprint density at radius 3 is 2.21 bits per heavy atom. The van der Waals surface area contributed by atoms with Crippen LogP contribution in [0, 0.1) is 15.3 Å². The molecule has 7 nitrogen and oxygen atoms in total. The monoisotopic (exact) mass is 392 g/mol. The zero-order chi connectivity index (χ0) is 20.6. The fourth-order valence-corrected chi connectivity index (χ4v) is 2.90. The number of benzene rings is 2. The molecule has 1 heterocycles. The largest absolute Gasteiger partial charge is 0.618 e. The smallest absolute Gasteiger partial charge is 0.479 e. The molecule has 0 aliphatic carbocycles. The average molecular weight is 392 g/mol. The maximum atomic E-state index is 13.4. The Kier molecular flexibility index (Phi) is 4.55. The van der Waals surface area contributed by atoms with Crippen LogP contribution in [-0.4, -0.2) is 15.1 Å². The number of pyridine rings is 1. The van der Waals surface area contributed by atoms with E-state index >= 15 is 0 Å². The maximum Gasteiger partial charge on any atom is 0.479 e. The molecule has 144 valence electrons. The predicted octanol–water partition coefficient (Wildman–Crippen LogP) is 3.99. The normalized spacial score (nSPS) is 11.4. The second kappa shape index (κ2) is 6.72. The van der Waals surface area contributed by atoms with Crippen LogP contribution >= 0.6 is 0 Å². The van der Waals surface area contributed by atoms with Crippen molar-refractivity contribution in [1.82, 2.24) is 0 Å². The van der Waals surface area contributed by atoms with E-state index in [2.05, 4.69) is 0 Å². The van der Waals surface area contributed by atoms with Crippen LogP contribution in [0.5, 0.6) is 11.5 Å². The molecule has 0 aliphatic heterocycles. The lowest BCUT2D eigenvalue weighted by Gasteiger charge is -2.15. The van der Waals surface area contributed by atoms with Crippen molar-refractivity contribution in [3.8, 4) is 33.8 Å². The number of halogens is 3. The lowest BCUT2D eigenvalue weighted by atomic mass is 9.93. The van der Waals surface area contributed by atoms with Gasteiger partial charge in [-0.3, -0.25) is 10.1 Å². The van der Waals surface area contributed by atoms with E-state index in [1.54, 1.807) is 6.07 Å². The molecule has 2 N–H and O–H groups in total. The number of nitrogens with zero attached hydrogens (tertiary/aromatic N) is 2. The summed E-state index contributed by atoms with van der Waals surface area (Å²) in [4.78, 5) is 10.8. The average Bonchev–Trinajstić information content (AvgIpc) is 2.62. The van der Waals surface area contributed by atoms with Gasteiger partial charge in [0.05, 0.1) is 16.1 Å². The summed E-state index contributed by atoms with van der Waals surface area (Å²) >= 11 is 0. The Labute approximate surface area is 155 Å². The molecule has 10 heteroatoms. The van der Waals surface area contributed by atoms with Crippen LogP contribution in [-0.2, 0) is 6.18 Å². The standard InChI is InChI=1S/C18H11F3N2O5/c19-18(20,21)17-11(7-4-8-22(17)26)14-15(23(27)28)12(9-13(24)16(14)25)10-5-2-1-3-6-10/h1-9,24-25H. The number of nitro benzene ring substituents is 1. The number of nitro groups is 1. The molecule has 0 bridgehead atoms.